The summed E-state index contributed by atoms with van der Waals surface area (Å²) in [5.41, 5.74) is 2.19. The third-order valence-corrected chi connectivity index (χ3v) is 5.51. The number of nitrogens with zero attached hydrogens (tertiary/aromatic N) is 1. The molecule has 2 heterocycles. The number of benzene rings is 2. The van der Waals surface area contributed by atoms with Crippen molar-refractivity contribution in [2.45, 2.75) is 31.7 Å². The van der Waals surface area contributed by atoms with Crippen molar-refractivity contribution in [3.63, 3.8) is 0 Å². The number of rotatable bonds is 5. The van der Waals surface area contributed by atoms with E-state index in [1.54, 1.807) is 13.0 Å². The van der Waals surface area contributed by atoms with Gasteiger partial charge >= 0.3 is 0 Å². The number of para-hydroxylation sites is 2. The van der Waals surface area contributed by atoms with E-state index in [1.165, 1.54) is 0 Å². The summed E-state index contributed by atoms with van der Waals surface area (Å²) in [6, 6.07) is 11.2. The summed E-state index contributed by atoms with van der Waals surface area (Å²) < 4.78 is 32.3. The molecule has 7 heteroatoms. The zero-order valence-electron chi connectivity index (χ0n) is 15.7. The van der Waals surface area contributed by atoms with Crippen molar-refractivity contribution in [1.82, 2.24) is 15.3 Å². The van der Waals surface area contributed by atoms with Crippen LogP contribution in [0.5, 0.6) is 0 Å². The van der Waals surface area contributed by atoms with E-state index < -0.39 is 17.7 Å². The molecule has 0 radical (unpaired) electrons. The van der Waals surface area contributed by atoms with Gasteiger partial charge in [0.15, 0.2) is 11.6 Å². The minimum Gasteiger partial charge on any atom is -0.459 e. The molecule has 4 aromatic rings. The van der Waals surface area contributed by atoms with Crippen LogP contribution in [0.15, 0.2) is 46.9 Å². The Morgan fingerprint density at radius 3 is 2.90 bits per heavy atom. The van der Waals surface area contributed by atoms with E-state index in [9.17, 15) is 13.6 Å². The van der Waals surface area contributed by atoms with Crippen LogP contribution in [0, 0.1) is 17.6 Å². The summed E-state index contributed by atoms with van der Waals surface area (Å²) in [7, 11) is 0. The summed E-state index contributed by atoms with van der Waals surface area (Å²) in [5.74, 6) is -0.0603. The number of carbonyl (C=O) groups excluding carboxylic acids is 1. The van der Waals surface area contributed by atoms with Gasteiger partial charge in [0.25, 0.3) is 0 Å². The van der Waals surface area contributed by atoms with Gasteiger partial charge in [0, 0.05) is 23.8 Å². The molecule has 2 aromatic heterocycles. The summed E-state index contributed by atoms with van der Waals surface area (Å²) in [6.45, 7) is 1.78. The topological polar surface area (TPSA) is 70.9 Å². The van der Waals surface area contributed by atoms with Crippen LogP contribution < -0.4 is 5.32 Å². The van der Waals surface area contributed by atoms with Crippen molar-refractivity contribution >= 4 is 27.9 Å². The van der Waals surface area contributed by atoms with E-state index in [0.717, 1.165) is 35.4 Å². The number of furan rings is 1. The van der Waals surface area contributed by atoms with Crippen molar-refractivity contribution in [2.24, 2.45) is 5.92 Å². The third kappa shape index (κ3) is 3.37. The van der Waals surface area contributed by atoms with Gasteiger partial charge < -0.3 is 14.7 Å². The molecule has 2 aromatic carbocycles. The lowest BCUT2D eigenvalue weighted by Crippen LogP contribution is -2.26. The van der Waals surface area contributed by atoms with Gasteiger partial charge in [0.2, 0.25) is 5.91 Å². The van der Waals surface area contributed by atoms with Crippen LogP contribution >= 0.6 is 0 Å². The van der Waals surface area contributed by atoms with Crippen LogP contribution in [0.25, 0.3) is 22.0 Å². The highest BCUT2D eigenvalue weighted by molar-refractivity contribution is 5.80. The number of halogens is 2. The number of fused-ring (bicyclic) bond motifs is 2. The lowest BCUT2D eigenvalue weighted by Gasteiger charge is -2.11. The van der Waals surface area contributed by atoms with Crippen molar-refractivity contribution in [1.29, 1.82) is 0 Å². The van der Waals surface area contributed by atoms with E-state index in [4.69, 9.17) is 4.42 Å². The molecule has 29 heavy (non-hydrogen) atoms. The van der Waals surface area contributed by atoms with Crippen molar-refractivity contribution in [2.75, 3.05) is 0 Å². The molecule has 1 fully saturated rings. The quantitative estimate of drug-likeness (QED) is 0.502. The Morgan fingerprint density at radius 1 is 1.28 bits per heavy atom. The van der Waals surface area contributed by atoms with Crippen LogP contribution in [-0.4, -0.2) is 15.9 Å². The lowest BCUT2D eigenvalue weighted by atomic mass is 10.2. The van der Waals surface area contributed by atoms with Gasteiger partial charge in [-0.05, 0) is 43.5 Å². The van der Waals surface area contributed by atoms with E-state index in [-0.39, 0.29) is 23.3 Å². The number of amides is 1. The van der Waals surface area contributed by atoms with Gasteiger partial charge in [-0.25, -0.2) is 13.8 Å². The Bertz CT molecular complexity index is 1160. The fourth-order valence-electron chi connectivity index (χ4n) is 3.83. The molecule has 0 bridgehead atoms. The third-order valence-electron chi connectivity index (χ3n) is 5.51. The van der Waals surface area contributed by atoms with Crippen molar-refractivity contribution in [3.05, 3.63) is 65.7 Å². The predicted molar refractivity (Wildman–Crippen MR) is 104 cm³/mol. The molecule has 1 amide bonds. The van der Waals surface area contributed by atoms with Crippen molar-refractivity contribution < 1.29 is 18.0 Å². The minimum absolute atomic E-state index is 0.0843. The zero-order chi connectivity index (χ0) is 20.1. The van der Waals surface area contributed by atoms with Crippen LogP contribution in [0.1, 0.15) is 43.3 Å². The number of hydrogen-bond acceptors (Lipinski definition) is 3. The fourth-order valence-corrected chi connectivity index (χ4v) is 3.83. The van der Waals surface area contributed by atoms with E-state index in [1.807, 2.05) is 24.3 Å². The molecule has 148 valence electrons. The Morgan fingerprint density at radius 2 is 2.07 bits per heavy atom. The maximum absolute atomic E-state index is 13.4. The number of aromatic amines is 1. The van der Waals surface area contributed by atoms with E-state index in [2.05, 4.69) is 15.3 Å². The molecule has 0 unspecified atom stereocenters. The van der Waals surface area contributed by atoms with Crippen molar-refractivity contribution in [3.8, 4) is 0 Å². The SMILES string of the molecule is C[C@@H](NC(=O)C[C@@H]1C[C@@H]1c1nc2ccccc2[nH]1)c1cc2cc(F)c(F)cc2o1. The second-order valence-corrected chi connectivity index (χ2v) is 7.69. The molecule has 0 aliphatic heterocycles. The summed E-state index contributed by atoms with van der Waals surface area (Å²) in [6.07, 6.45) is 1.32. The van der Waals surface area contributed by atoms with E-state index >= 15 is 0 Å². The molecule has 2 N–H and O–H groups in total. The molecule has 1 aliphatic carbocycles. The molecule has 1 aliphatic rings. The highest BCUT2D eigenvalue weighted by Crippen LogP contribution is 2.48. The first-order chi connectivity index (χ1) is 14.0. The maximum atomic E-state index is 13.4. The highest BCUT2D eigenvalue weighted by atomic mass is 19.2. The fraction of sp³-hybridized carbons (Fsp3) is 0.273. The van der Waals surface area contributed by atoms with Gasteiger partial charge in [-0.15, -0.1) is 0 Å². The van der Waals surface area contributed by atoms with Crippen LogP contribution in [0.3, 0.4) is 0 Å². The number of imidazole rings is 1. The Kier molecular flexibility index (Phi) is 4.12. The van der Waals surface area contributed by atoms with Gasteiger partial charge in [-0.2, -0.15) is 0 Å². The number of carbonyl (C=O) groups is 1. The summed E-state index contributed by atoms with van der Waals surface area (Å²) in [5, 5.41) is 3.37. The van der Waals surface area contributed by atoms with Gasteiger partial charge in [-0.3, -0.25) is 4.79 Å². The van der Waals surface area contributed by atoms with E-state index in [0.29, 0.717) is 17.6 Å². The minimum atomic E-state index is -0.958. The number of H-pyrrole nitrogens is 1. The maximum Gasteiger partial charge on any atom is 0.220 e. The normalized spacial score (nSPS) is 19.6. The molecular formula is C22H19F2N3O2. The second kappa shape index (κ2) is 6.69. The number of aromatic nitrogens is 2. The second-order valence-electron chi connectivity index (χ2n) is 7.69. The predicted octanol–water partition coefficient (Wildman–Crippen LogP) is 4.96. The lowest BCUT2D eigenvalue weighted by molar-refractivity contribution is -0.122. The average molecular weight is 395 g/mol. The Hall–Kier alpha value is -3.22. The van der Waals surface area contributed by atoms with Gasteiger partial charge in [0.1, 0.15) is 17.2 Å². The first kappa shape index (κ1) is 17.8. The van der Waals surface area contributed by atoms with Gasteiger partial charge in [-0.1, -0.05) is 12.1 Å². The molecule has 5 nitrogen and oxygen atoms in total. The number of hydrogen-bond donors (Lipinski definition) is 2. The first-order valence-electron chi connectivity index (χ1n) is 9.60. The molecule has 5 rings (SSSR count). The summed E-state index contributed by atoms with van der Waals surface area (Å²) >= 11 is 0. The molecule has 3 atom stereocenters. The molecular weight excluding hydrogens is 376 g/mol. The van der Waals surface area contributed by atoms with Crippen LogP contribution in [0.4, 0.5) is 8.78 Å². The molecule has 0 saturated heterocycles. The van der Waals surface area contributed by atoms with Gasteiger partial charge in [0.05, 0.1) is 17.1 Å². The van der Waals surface area contributed by atoms with Crippen LogP contribution in [-0.2, 0) is 4.79 Å². The molecule has 0 spiro atoms. The number of nitrogens with one attached hydrogen (secondary N) is 2. The monoisotopic (exact) mass is 395 g/mol. The molecule has 1 saturated carbocycles. The standard InChI is InChI=1S/C22H19F2N3O2/c1-11(19-8-13-7-15(23)16(24)10-20(13)29-19)25-21(28)9-12-6-14(12)22-26-17-4-2-3-5-18(17)27-22/h2-5,7-8,10-12,14H,6,9H2,1H3,(H,25,28)(H,26,27)/t11-,12+,14+/m1/s1. The largest absolute Gasteiger partial charge is 0.459 e. The summed E-state index contributed by atoms with van der Waals surface area (Å²) in [4.78, 5) is 20.4. The Balaban J connectivity index is 1.22. The average Bonchev–Trinajstić information content (AvgIpc) is 3.11. The zero-order valence-corrected chi connectivity index (χ0v) is 15.7. The Labute approximate surface area is 165 Å². The van der Waals surface area contributed by atoms with Crippen LogP contribution in [0.2, 0.25) is 0 Å². The smallest absolute Gasteiger partial charge is 0.220 e. The highest BCUT2D eigenvalue weighted by Gasteiger charge is 2.42. The first-order valence-corrected chi connectivity index (χ1v) is 9.60.